The first kappa shape index (κ1) is 13.1. The molecule has 0 aliphatic heterocycles. The van der Waals surface area contributed by atoms with E-state index in [-0.39, 0.29) is 0 Å². The smallest absolute Gasteiger partial charge is 0.0705 e. The van der Waals surface area contributed by atoms with Crippen molar-refractivity contribution in [2.45, 2.75) is 6.42 Å². The van der Waals surface area contributed by atoms with Gasteiger partial charge in [-0.15, -0.1) is 0 Å². The predicted octanol–water partition coefficient (Wildman–Crippen LogP) is 6.11. The molecule has 0 N–H and O–H groups in total. The number of para-hydroxylation sites is 1. The van der Waals surface area contributed by atoms with Gasteiger partial charge in [-0.2, -0.15) is 0 Å². The van der Waals surface area contributed by atoms with E-state index >= 15 is 0 Å². The highest BCUT2D eigenvalue weighted by Crippen LogP contribution is 2.42. The monoisotopic (exact) mass is 317 g/mol. The number of pyridine rings is 1. The van der Waals surface area contributed by atoms with Crippen LogP contribution in [-0.2, 0) is 6.42 Å². The number of aromatic nitrogens is 1. The van der Waals surface area contributed by atoms with Crippen molar-refractivity contribution in [3.8, 4) is 11.1 Å². The van der Waals surface area contributed by atoms with E-state index in [0.29, 0.717) is 0 Å². The third-order valence-electron chi connectivity index (χ3n) is 5.40. The van der Waals surface area contributed by atoms with E-state index in [1.165, 1.54) is 49.3 Å². The van der Waals surface area contributed by atoms with Gasteiger partial charge in [-0.3, -0.25) is 4.98 Å². The van der Waals surface area contributed by atoms with Gasteiger partial charge in [-0.25, -0.2) is 0 Å². The summed E-state index contributed by atoms with van der Waals surface area (Å²) in [4.78, 5) is 4.94. The van der Waals surface area contributed by atoms with Gasteiger partial charge in [-0.1, -0.05) is 54.6 Å². The van der Waals surface area contributed by atoms with Crippen molar-refractivity contribution in [3.63, 3.8) is 0 Å². The molecule has 1 heterocycles. The second kappa shape index (κ2) is 4.67. The molecule has 0 amide bonds. The Balaban J connectivity index is 1.74. The minimum Gasteiger partial charge on any atom is -0.252 e. The van der Waals surface area contributed by atoms with Gasteiger partial charge >= 0.3 is 0 Å². The van der Waals surface area contributed by atoms with E-state index in [0.717, 1.165) is 11.9 Å². The van der Waals surface area contributed by atoms with Crippen LogP contribution in [0, 0.1) is 0 Å². The largest absolute Gasteiger partial charge is 0.252 e. The molecular weight excluding hydrogens is 302 g/mol. The number of benzene rings is 4. The van der Waals surface area contributed by atoms with Gasteiger partial charge in [0.2, 0.25) is 0 Å². The zero-order valence-electron chi connectivity index (χ0n) is 13.7. The van der Waals surface area contributed by atoms with Crippen LogP contribution in [0.2, 0.25) is 0 Å². The summed E-state index contributed by atoms with van der Waals surface area (Å²) in [5.74, 6) is 0. The molecule has 6 rings (SSSR count). The third kappa shape index (κ3) is 1.81. The molecule has 5 aromatic rings. The fourth-order valence-corrected chi connectivity index (χ4v) is 4.21. The topological polar surface area (TPSA) is 12.9 Å². The molecule has 4 aromatic carbocycles. The summed E-state index contributed by atoms with van der Waals surface area (Å²) >= 11 is 0. The number of nitrogens with zero attached hydrogens (tertiary/aromatic N) is 1. The Morgan fingerprint density at radius 1 is 0.640 bits per heavy atom. The van der Waals surface area contributed by atoms with Crippen molar-refractivity contribution < 1.29 is 0 Å². The first-order valence-corrected chi connectivity index (χ1v) is 8.70. The van der Waals surface area contributed by atoms with Crippen molar-refractivity contribution in [1.82, 2.24) is 4.98 Å². The van der Waals surface area contributed by atoms with Crippen molar-refractivity contribution in [2.24, 2.45) is 0 Å². The van der Waals surface area contributed by atoms with Crippen LogP contribution in [0.1, 0.15) is 11.3 Å². The molecule has 0 atom stereocenters. The van der Waals surface area contributed by atoms with E-state index in [1.807, 2.05) is 0 Å². The van der Waals surface area contributed by atoms with Gasteiger partial charge < -0.3 is 0 Å². The average Bonchev–Trinajstić information content (AvgIpc) is 3.02. The molecule has 25 heavy (non-hydrogen) atoms. The molecule has 0 spiro atoms. The lowest BCUT2D eigenvalue weighted by Crippen LogP contribution is -1.87. The number of hydrogen-bond acceptors (Lipinski definition) is 1. The highest BCUT2D eigenvalue weighted by molar-refractivity contribution is 6.08. The van der Waals surface area contributed by atoms with Crippen LogP contribution in [0.15, 0.2) is 78.9 Å². The standard InChI is InChI=1S/C24H15N/c1-2-6-16-12-20-17(11-15(16)5-1)9-10-19-14-23-21(24(19)20)13-18-7-3-4-8-22(18)25-23/h1-13H,14H2. The van der Waals surface area contributed by atoms with Crippen molar-refractivity contribution in [3.05, 3.63) is 90.1 Å². The summed E-state index contributed by atoms with van der Waals surface area (Å²) in [6.45, 7) is 0. The molecule has 0 saturated heterocycles. The van der Waals surface area contributed by atoms with Crippen molar-refractivity contribution >= 4 is 32.4 Å². The summed E-state index contributed by atoms with van der Waals surface area (Å²) in [6, 6.07) is 28.5. The molecule has 0 fully saturated rings. The normalized spacial score (nSPS) is 12.6. The summed E-state index contributed by atoms with van der Waals surface area (Å²) < 4.78 is 0. The second-order valence-electron chi connectivity index (χ2n) is 6.87. The highest BCUT2D eigenvalue weighted by atomic mass is 14.7. The minimum absolute atomic E-state index is 0.929. The molecule has 116 valence electrons. The van der Waals surface area contributed by atoms with Crippen LogP contribution in [-0.4, -0.2) is 4.98 Å². The third-order valence-corrected chi connectivity index (χ3v) is 5.40. The Bertz CT molecular complexity index is 1310. The minimum atomic E-state index is 0.929. The highest BCUT2D eigenvalue weighted by Gasteiger charge is 2.22. The molecule has 1 aliphatic rings. The van der Waals surface area contributed by atoms with E-state index in [9.17, 15) is 0 Å². The molecule has 0 unspecified atom stereocenters. The molecule has 1 aliphatic carbocycles. The van der Waals surface area contributed by atoms with E-state index in [2.05, 4.69) is 78.9 Å². The Morgan fingerprint density at radius 2 is 1.40 bits per heavy atom. The van der Waals surface area contributed by atoms with Crippen LogP contribution < -0.4 is 0 Å². The van der Waals surface area contributed by atoms with Gasteiger partial charge in [0, 0.05) is 17.4 Å². The summed E-state index contributed by atoms with van der Waals surface area (Å²) in [5.41, 5.74) is 6.35. The maximum atomic E-state index is 4.94. The fraction of sp³-hybridized carbons (Fsp3) is 0.0417. The van der Waals surface area contributed by atoms with Crippen LogP contribution in [0.5, 0.6) is 0 Å². The van der Waals surface area contributed by atoms with E-state index in [1.54, 1.807) is 0 Å². The molecule has 1 heteroatoms. The summed E-state index contributed by atoms with van der Waals surface area (Å²) in [5, 5.41) is 6.45. The van der Waals surface area contributed by atoms with Gasteiger partial charge in [0.1, 0.15) is 0 Å². The maximum absolute atomic E-state index is 4.94. The van der Waals surface area contributed by atoms with Crippen molar-refractivity contribution in [1.29, 1.82) is 0 Å². The van der Waals surface area contributed by atoms with Gasteiger partial charge in [0.15, 0.2) is 0 Å². The zero-order valence-corrected chi connectivity index (χ0v) is 13.7. The van der Waals surface area contributed by atoms with Gasteiger partial charge in [-0.05, 0) is 56.9 Å². The Morgan fingerprint density at radius 3 is 2.28 bits per heavy atom. The first-order valence-electron chi connectivity index (χ1n) is 8.70. The Hall–Kier alpha value is -3.19. The molecular formula is C24H15N. The lowest BCUT2D eigenvalue weighted by molar-refractivity contribution is 1.15. The number of hydrogen-bond donors (Lipinski definition) is 0. The molecule has 0 bridgehead atoms. The lowest BCUT2D eigenvalue weighted by Gasteiger charge is -2.09. The number of rotatable bonds is 0. The molecule has 0 saturated carbocycles. The SMILES string of the molecule is c1ccc2cc3c4c(ccc3cc2c1)Cc1nc2ccccc2cc1-4. The van der Waals surface area contributed by atoms with Gasteiger partial charge in [0.25, 0.3) is 0 Å². The molecule has 1 aromatic heterocycles. The van der Waals surface area contributed by atoms with E-state index in [4.69, 9.17) is 4.98 Å². The van der Waals surface area contributed by atoms with E-state index < -0.39 is 0 Å². The first-order chi connectivity index (χ1) is 12.4. The lowest BCUT2D eigenvalue weighted by atomic mass is 9.95. The summed E-state index contributed by atoms with van der Waals surface area (Å²) in [7, 11) is 0. The van der Waals surface area contributed by atoms with Crippen molar-refractivity contribution in [2.75, 3.05) is 0 Å². The number of fused-ring (bicyclic) bond motifs is 7. The maximum Gasteiger partial charge on any atom is 0.0705 e. The Kier molecular flexibility index (Phi) is 2.46. The van der Waals surface area contributed by atoms with Crippen LogP contribution in [0.4, 0.5) is 0 Å². The zero-order chi connectivity index (χ0) is 16.4. The van der Waals surface area contributed by atoms with Crippen LogP contribution >= 0.6 is 0 Å². The quantitative estimate of drug-likeness (QED) is 0.308. The van der Waals surface area contributed by atoms with Crippen LogP contribution in [0.3, 0.4) is 0 Å². The van der Waals surface area contributed by atoms with Gasteiger partial charge in [0.05, 0.1) is 11.2 Å². The predicted molar refractivity (Wildman–Crippen MR) is 105 cm³/mol. The molecule has 1 nitrogen and oxygen atoms in total. The Labute approximate surface area is 145 Å². The average molecular weight is 317 g/mol. The van der Waals surface area contributed by atoms with Crippen LogP contribution in [0.25, 0.3) is 43.6 Å². The summed E-state index contributed by atoms with van der Waals surface area (Å²) in [6.07, 6.45) is 0.929. The second-order valence-corrected chi connectivity index (χ2v) is 6.87. The molecule has 0 radical (unpaired) electrons. The fourth-order valence-electron chi connectivity index (χ4n) is 4.21.